The van der Waals surface area contributed by atoms with Gasteiger partial charge in [-0.2, -0.15) is 0 Å². The summed E-state index contributed by atoms with van der Waals surface area (Å²) in [4.78, 5) is 11.9. The van der Waals surface area contributed by atoms with Crippen molar-refractivity contribution < 1.29 is 19.4 Å². The maximum absolute atomic E-state index is 10.6. The van der Waals surface area contributed by atoms with Crippen molar-refractivity contribution in [2.75, 3.05) is 20.0 Å². The second-order valence-corrected chi connectivity index (χ2v) is 9.62. The summed E-state index contributed by atoms with van der Waals surface area (Å²) in [5, 5.41) is 8.72. The van der Waals surface area contributed by atoms with E-state index in [2.05, 4.69) is 49.4 Å². The largest absolute Gasteiger partial charge is 0.497 e. The first-order valence-corrected chi connectivity index (χ1v) is 12.3. The first-order valence-electron chi connectivity index (χ1n) is 11.3. The summed E-state index contributed by atoms with van der Waals surface area (Å²) < 4.78 is 10.8. The lowest BCUT2D eigenvalue weighted by molar-refractivity contribution is -0.136. The van der Waals surface area contributed by atoms with Gasteiger partial charge in [0.15, 0.2) is 0 Å². The van der Waals surface area contributed by atoms with Gasteiger partial charge in [0.05, 0.1) is 20.6 Å². The third-order valence-corrected chi connectivity index (χ3v) is 7.87. The third kappa shape index (κ3) is 5.89. The number of fused-ring (bicyclic) bond motifs is 1. The molecule has 3 rings (SSSR count). The van der Waals surface area contributed by atoms with E-state index >= 15 is 0 Å². The zero-order valence-electron chi connectivity index (χ0n) is 19.3. The molecule has 1 N–H and O–H groups in total. The Morgan fingerprint density at radius 3 is 2.47 bits per heavy atom. The molecule has 0 saturated carbocycles. The van der Waals surface area contributed by atoms with Crippen LogP contribution in [0.2, 0.25) is 0 Å². The summed E-state index contributed by atoms with van der Waals surface area (Å²) in [6.07, 6.45) is 9.31. The summed E-state index contributed by atoms with van der Waals surface area (Å²) >= 11 is 1.92. The molecule has 1 heterocycles. The van der Waals surface area contributed by atoms with Crippen LogP contribution >= 0.6 is 11.8 Å². The number of benzene rings is 2. The summed E-state index contributed by atoms with van der Waals surface area (Å²) in [7, 11) is 3.43. The standard InChI is InChI=1S/C27H34O4S/c1-27(20-12-14-21(30-2)15-13-20)19-32-25-18-22(31-3)16-17-23(25)24(27)10-8-6-4-5-7-9-11-26(28)29/h7,9,12-18,24H,4-6,8,10-11,19H2,1-3H3,(H,28,29)/b9-7+. The lowest BCUT2D eigenvalue weighted by Crippen LogP contribution is -2.36. The van der Waals surface area contributed by atoms with Crippen molar-refractivity contribution in [3.63, 3.8) is 0 Å². The van der Waals surface area contributed by atoms with Crippen LogP contribution in [0.15, 0.2) is 59.5 Å². The number of carboxylic acid groups (broad SMARTS) is 1. The van der Waals surface area contributed by atoms with Gasteiger partial charge in [-0.1, -0.05) is 50.1 Å². The Labute approximate surface area is 196 Å². The highest BCUT2D eigenvalue weighted by atomic mass is 32.2. The van der Waals surface area contributed by atoms with Gasteiger partial charge in [-0.05, 0) is 60.6 Å². The molecule has 4 nitrogen and oxygen atoms in total. The van der Waals surface area contributed by atoms with Gasteiger partial charge < -0.3 is 14.6 Å². The monoisotopic (exact) mass is 454 g/mol. The maximum Gasteiger partial charge on any atom is 0.307 e. The molecule has 0 saturated heterocycles. The third-order valence-electron chi connectivity index (χ3n) is 6.46. The molecular weight excluding hydrogens is 420 g/mol. The second-order valence-electron chi connectivity index (χ2n) is 8.60. The van der Waals surface area contributed by atoms with Crippen molar-refractivity contribution in [2.45, 2.75) is 61.7 Å². The molecule has 1 aliphatic rings. The highest BCUT2D eigenvalue weighted by Gasteiger charge is 2.41. The molecule has 0 bridgehead atoms. The highest BCUT2D eigenvalue weighted by molar-refractivity contribution is 7.99. The van der Waals surface area contributed by atoms with Gasteiger partial charge in [-0.25, -0.2) is 0 Å². The van der Waals surface area contributed by atoms with Crippen molar-refractivity contribution in [3.8, 4) is 11.5 Å². The maximum atomic E-state index is 10.6. The van der Waals surface area contributed by atoms with E-state index in [1.807, 2.05) is 17.8 Å². The molecule has 172 valence electrons. The van der Waals surface area contributed by atoms with Gasteiger partial charge >= 0.3 is 5.97 Å². The number of carboxylic acids is 1. The van der Waals surface area contributed by atoms with Crippen LogP contribution in [0.4, 0.5) is 0 Å². The Kier molecular flexibility index (Phi) is 8.68. The summed E-state index contributed by atoms with van der Waals surface area (Å²) in [5.74, 6) is 2.49. The topological polar surface area (TPSA) is 55.8 Å². The Hall–Kier alpha value is -2.40. The van der Waals surface area contributed by atoms with Crippen LogP contribution in [0.25, 0.3) is 0 Å². The molecule has 0 aliphatic carbocycles. The molecule has 0 fully saturated rings. The molecule has 0 spiro atoms. The van der Waals surface area contributed by atoms with E-state index in [-0.39, 0.29) is 11.8 Å². The lowest BCUT2D eigenvalue weighted by Gasteiger charge is -2.43. The van der Waals surface area contributed by atoms with E-state index in [0.717, 1.165) is 49.4 Å². The van der Waals surface area contributed by atoms with Crippen LogP contribution < -0.4 is 9.47 Å². The number of hydrogen-bond acceptors (Lipinski definition) is 4. The number of methoxy groups -OCH3 is 2. The van der Waals surface area contributed by atoms with E-state index in [4.69, 9.17) is 14.6 Å². The van der Waals surface area contributed by atoms with Gasteiger partial charge in [0.25, 0.3) is 0 Å². The zero-order valence-corrected chi connectivity index (χ0v) is 20.1. The molecule has 0 aromatic heterocycles. The van der Waals surface area contributed by atoms with Gasteiger partial charge in [-0.3, -0.25) is 4.79 Å². The molecule has 5 heteroatoms. The molecule has 2 aromatic rings. The van der Waals surface area contributed by atoms with Crippen LogP contribution in [-0.2, 0) is 10.2 Å². The normalized spacial score (nSPS) is 20.2. The predicted octanol–water partition coefficient (Wildman–Crippen LogP) is 6.83. The van der Waals surface area contributed by atoms with Crippen molar-refractivity contribution in [3.05, 3.63) is 65.7 Å². The average molecular weight is 455 g/mol. The smallest absolute Gasteiger partial charge is 0.307 e. The quantitative estimate of drug-likeness (QED) is 0.298. The van der Waals surface area contributed by atoms with Crippen LogP contribution in [0.5, 0.6) is 11.5 Å². The van der Waals surface area contributed by atoms with Gasteiger partial charge in [0.1, 0.15) is 11.5 Å². The number of allylic oxidation sites excluding steroid dienone is 1. The minimum Gasteiger partial charge on any atom is -0.497 e. The van der Waals surface area contributed by atoms with Crippen molar-refractivity contribution in [2.24, 2.45) is 0 Å². The molecule has 32 heavy (non-hydrogen) atoms. The van der Waals surface area contributed by atoms with Crippen molar-refractivity contribution >= 4 is 17.7 Å². The number of carbonyl (C=O) groups is 1. The Balaban J connectivity index is 1.74. The number of thioether (sulfide) groups is 1. The fraction of sp³-hybridized carbons (Fsp3) is 0.444. The molecule has 0 radical (unpaired) electrons. The minimum absolute atomic E-state index is 0.0416. The average Bonchev–Trinajstić information content (AvgIpc) is 2.81. The summed E-state index contributed by atoms with van der Waals surface area (Å²) in [6.45, 7) is 2.40. The van der Waals surface area contributed by atoms with E-state index in [1.165, 1.54) is 16.0 Å². The van der Waals surface area contributed by atoms with Crippen LogP contribution in [0.1, 0.15) is 62.5 Å². The fourth-order valence-corrected chi connectivity index (χ4v) is 5.95. The number of unbranched alkanes of at least 4 members (excludes halogenated alkanes) is 3. The Morgan fingerprint density at radius 2 is 1.78 bits per heavy atom. The van der Waals surface area contributed by atoms with Gasteiger partial charge in [0, 0.05) is 16.1 Å². The zero-order chi connectivity index (χ0) is 23.0. The molecule has 0 amide bonds. The van der Waals surface area contributed by atoms with Crippen molar-refractivity contribution in [1.82, 2.24) is 0 Å². The molecular formula is C27H34O4S. The highest BCUT2D eigenvalue weighted by Crippen LogP contribution is 2.52. The van der Waals surface area contributed by atoms with Crippen LogP contribution in [-0.4, -0.2) is 31.0 Å². The minimum atomic E-state index is -0.774. The SMILES string of the molecule is COc1ccc(C2(C)CSc3cc(OC)ccc3C2CCCCC/C=C/CC(=O)O)cc1. The Morgan fingerprint density at radius 1 is 1.06 bits per heavy atom. The first-order chi connectivity index (χ1) is 15.5. The molecule has 2 aromatic carbocycles. The van der Waals surface area contributed by atoms with Crippen molar-refractivity contribution in [1.29, 1.82) is 0 Å². The number of ether oxygens (including phenoxy) is 2. The predicted molar refractivity (Wildman–Crippen MR) is 131 cm³/mol. The Bertz CT molecular complexity index is 922. The number of hydrogen-bond donors (Lipinski definition) is 1. The number of aliphatic carboxylic acids is 1. The molecule has 2 atom stereocenters. The number of rotatable bonds is 11. The first kappa shape index (κ1) is 24.2. The molecule has 2 unspecified atom stereocenters. The van der Waals surface area contributed by atoms with Gasteiger partial charge in [-0.15, -0.1) is 11.8 Å². The van der Waals surface area contributed by atoms with E-state index in [9.17, 15) is 4.79 Å². The lowest BCUT2D eigenvalue weighted by atomic mass is 9.68. The van der Waals surface area contributed by atoms with Gasteiger partial charge in [0.2, 0.25) is 0 Å². The van der Waals surface area contributed by atoms with E-state index in [1.54, 1.807) is 20.3 Å². The summed E-state index contributed by atoms with van der Waals surface area (Å²) in [5.41, 5.74) is 2.82. The second kappa shape index (κ2) is 11.5. The van der Waals surface area contributed by atoms with E-state index < -0.39 is 5.97 Å². The fourth-order valence-electron chi connectivity index (χ4n) is 4.55. The van der Waals surface area contributed by atoms with E-state index in [0.29, 0.717) is 5.92 Å². The van der Waals surface area contributed by atoms with Crippen LogP contribution in [0.3, 0.4) is 0 Å². The van der Waals surface area contributed by atoms with Crippen LogP contribution in [0, 0.1) is 0 Å². The summed E-state index contributed by atoms with van der Waals surface area (Å²) in [6, 6.07) is 15.1. The molecule has 1 aliphatic heterocycles.